The van der Waals surface area contributed by atoms with Gasteiger partial charge in [-0.25, -0.2) is 0 Å². The summed E-state index contributed by atoms with van der Waals surface area (Å²) in [6.07, 6.45) is 0. The van der Waals surface area contributed by atoms with E-state index in [0.29, 0.717) is 5.75 Å². The Balaban J connectivity index is 1.67. The molecule has 0 aromatic heterocycles. The zero-order valence-corrected chi connectivity index (χ0v) is 16.8. The number of hydrogen-bond donors (Lipinski definition) is 1. The quantitative estimate of drug-likeness (QED) is 0.548. The number of hydrogen-bond acceptors (Lipinski definition) is 2. The first-order valence-corrected chi connectivity index (χ1v) is 10.4. The summed E-state index contributed by atoms with van der Waals surface area (Å²) in [5, 5.41) is 3.93. The molecule has 1 atom stereocenters. The number of nitrogens with one attached hydrogen (secondary N) is 1. The number of thioether (sulfide) groups is 1. The van der Waals surface area contributed by atoms with Crippen LogP contribution in [0.2, 0.25) is 5.02 Å². The summed E-state index contributed by atoms with van der Waals surface area (Å²) in [6.45, 7) is 2.07. The normalized spacial score (nSPS) is 11.8. The summed E-state index contributed by atoms with van der Waals surface area (Å²) in [4.78, 5) is 12.6. The summed E-state index contributed by atoms with van der Waals surface area (Å²) in [5.41, 5.74) is 4.49. The van der Waals surface area contributed by atoms with Gasteiger partial charge >= 0.3 is 0 Å². The predicted octanol–water partition coefficient (Wildman–Crippen LogP) is 5.79. The third-order valence-electron chi connectivity index (χ3n) is 4.33. The molecule has 0 spiro atoms. The van der Waals surface area contributed by atoms with Gasteiger partial charge in [0.15, 0.2) is 0 Å². The van der Waals surface area contributed by atoms with Crippen LogP contribution in [0.4, 0.5) is 0 Å². The van der Waals surface area contributed by atoms with Gasteiger partial charge in [-0.1, -0.05) is 78.3 Å². The molecular formula is C23H22ClNOS. The molecule has 0 saturated heterocycles. The van der Waals surface area contributed by atoms with E-state index in [9.17, 15) is 4.79 Å². The maximum Gasteiger partial charge on any atom is 0.230 e. The Bertz CT molecular complexity index is 898. The van der Waals surface area contributed by atoms with Gasteiger partial charge in [0, 0.05) is 10.8 Å². The van der Waals surface area contributed by atoms with Crippen molar-refractivity contribution in [3.63, 3.8) is 0 Å². The number of halogens is 1. The molecule has 1 unspecified atom stereocenters. The van der Waals surface area contributed by atoms with Crippen molar-refractivity contribution >= 4 is 29.3 Å². The number of carbonyl (C=O) groups excluding carboxylic acids is 1. The third kappa shape index (κ3) is 5.62. The lowest BCUT2D eigenvalue weighted by molar-refractivity contribution is -0.119. The summed E-state index contributed by atoms with van der Waals surface area (Å²) in [6, 6.07) is 25.9. The Labute approximate surface area is 170 Å². The van der Waals surface area contributed by atoms with Gasteiger partial charge in [0.25, 0.3) is 0 Å². The first kappa shape index (κ1) is 19.5. The Morgan fingerprint density at radius 3 is 2.48 bits per heavy atom. The molecule has 27 heavy (non-hydrogen) atoms. The second-order valence-electron chi connectivity index (χ2n) is 6.39. The number of rotatable bonds is 7. The van der Waals surface area contributed by atoms with Gasteiger partial charge in [0.1, 0.15) is 0 Å². The molecule has 0 saturated carbocycles. The molecule has 138 valence electrons. The van der Waals surface area contributed by atoms with Gasteiger partial charge in [0.2, 0.25) is 5.91 Å². The average Bonchev–Trinajstić information content (AvgIpc) is 2.68. The summed E-state index contributed by atoms with van der Waals surface area (Å²) in [5.74, 6) is 1.19. The lowest BCUT2D eigenvalue weighted by Gasteiger charge is -2.21. The first-order valence-electron chi connectivity index (χ1n) is 8.85. The highest BCUT2D eigenvalue weighted by molar-refractivity contribution is 7.99. The van der Waals surface area contributed by atoms with Gasteiger partial charge in [-0.2, -0.15) is 0 Å². The monoisotopic (exact) mass is 395 g/mol. The SMILES string of the molecule is Cc1ccccc1C(NC(=O)CSCc1cccc(Cl)c1)c1ccccc1. The van der Waals surface area contributed by atoms with Gasteiger partial charge < -0.3 is 5.32 Å². The predicted molar refractivity (Wildman–Crippen MR) is 115 cm³/mol. The van der Waals surface area contributed by atoms with Crippen molar-refractivity contribution in [3.8, 4) is 0 Å². The van der Waals surface area contributed by atoms with E-state index in [0.717, 1.165) is 27.5 Å². The van der Waals surface area contributed by atoms with E-state index < -0.39 is 0 Å². The van der Waals surface area contributed by atoms with Gasteiger partial charge in [0.05, 0.1) is 11.8 Å². The average molecular weight is 396 g/mol. The van der Waals surface area contributed by atoms with E-state index in [1.165, 1.54) is 5.56 Å². The first-order chi connectivity index (χ1) is 13.1. The van der Waals surface area contributed by atoms with E-state index in [-0.39, 0.29) is 11.9 Å². The molecule has 0 bridgehead atoms. The Hall–Kier alpha value is -2.23. The molecule has 4 heteroatoms. The molecule has 0 fully saturated rings. The van der Waals surface area contributed by atoms with Crippen LogP contribution in [0.3, 0.4) is 0 Å². The maximum absolute atomic E-state index is 12.6. The molecular weight excluding hydrogens is 374 g/mol. The minimum absolute atomic E-state index is 0.0270. The number of amides is 1. The molecule has 0 aliphatic carbocycles. The Morgan fingerprint density at radius 1 is 1.00 bits per heavy atom. The number of benzene rings is 3. The van der Waals surface area contributed by atoms with Crippen molar-refractivity contribution in [2.75, 3.05) is 5.75 Å². The maximum atomic E-state index is 12.6. The zero-order valence-electron chi connectivity index (χ0n) is 15.2. The summed E-state index contributed by atoms with van der Waals surface area (Å²) >= 11 is 7.61. The van der Waals surface area contributed by atoms with Crippen LogP contribution in [0.25, 0.3) is 0 Å². The van der Waals surface area contributed by atoms with Crippen molar-refractivity contribution in [3.05, 3.63) is 106 Å². The van der Waals surface area contributed by atoms with Crippen LogP contribution in [0, 0.1) is 6.92 Å². The van der Waals surface area contributed by atoms with E-state index in [1.54, 1.807) is 11.8 Å². The molecule has 1 amide bonds. The zero-order chi connectivity index (χ0) is 19.1. The molecule has 3 rings (SSSR count). The molecule has 0 radical (unpaired) electrons. The van der Waals surface area contributed by atoms with Gasteiger partial charge in [-0.3, -0.25) is 4.79 Å². The van der Waals surface area contributed by atoms with Crippen LogP contribution in [-0.2, 0) is 10.5 Å². The highest BCUT2D eigenvalue weighted by Crippen LogP contribution is 2.25. The fourth-order valence-electron chi connectivity index (χ4n) is 2.99. The molecule has 2 nitrogen and oxygen atoms in total. The van der Waals surface area contributed by atoms with E-state index in [2.05, 4.69) is 36.5 Å². The molecule has 1 N–H and O–H groups in total. The topological polar surface area (TPSA) is 29.1 Å². The van der Waals surface area contributed by atoms with Crippen molar-refractivity contribution in [1.82, 2.24) is 5.32 Å². The fourth-order valence-corrected chi connectivity index (χ4v) is 3.99. The highest BCUT2D eigenvalue weighted by atomic mass is 35.5. The molecule has 3 aromatic rings. The van der Waals surface area contributed by atoms with Crippen LogP contribution in [0.5, 0.6) is 0 Å². The lowest BCUT2D eigenvalue weighted by atomic mass is 9.95. The standard InChI is InChI=1S/C23H22ClNOS/c1-17-8-5-6-13-21(17)23(19-10-3-2-4-11-19)25-22(26)16-27-15-18-9-7-12-20(24)14-18/h2-14,23H,15-16H2,1H3,(H,25,26). The number of carbonyl (C=O) groups is 1. The van der Waals surface area contributed by atoms with E-state index in [1.807, 2.05) is 54.6 Å². The van der Waals surface area contributed by atoms with Crippen LogP contribution < -0.4 is 5.32 Å². The van der Waals surface area contributed by atoms with Crippen molar-refractivity contribution in [1.29, 1.82) is 0 Å². The Kier molecular flexibility index (Phi) is 6.97. The minimum atomic E-state index is -0.147. The fraction of sp³-hybridized carbons (Fsp3) is 0.174. The minimum Gasteiger partial charge on any atom is -0.344 e. The van der Waals surface area contributed by atoms with Crippen LogP contribution >= 0.6 is 23.4 Å². The van der Waals surface area contributed by atoms with Gasteiger partial charge in [-0.05, 0) is 41.3 Å². The highest BCUT2D eigenvalue weighted by Gasteiger charge is 2.18. The third-order valence-corrected chi connectivity index (χ3v) is 5.57. The Morgan fingerprint density at radius 2 is 1.74 bits per heavy atom. The van der Waals surface area contributed by atoms with E-state index in [4.69, 9.17) is 11.6 Å². The van der Waals surface area contributed by atoms with Crippen LogP contribution in [0.15, 0.2) is 78.9 Å². The number of aryl methyl sites for hydroxylation is 1. The van der Waals surface area contributed by atoms with Crippen molar-refractivity contribution in [2.24, 2.45) is 0 Å². The van der Waals surface area contributed by atoms with Crippen molar-refractivity contribution < 1.29 is 4.79 Å². The van der Waals surface area contributed by atoms with Crippen LogP contribution in [0.1, 0.15) is 28.3 Å². The van der Waals surface area contributed by atoms with Crippen molar-refractivity contribution in [2.45, 2.75) is 18.7 Å². The second kappa shape index (κ2) is 9.63. The van der Waals surface area contributed by atoms with Gasteiger partial charge in [-0.15, -0.1) is 11.8 Å². The van der Waals surface area contributed by atoms with Crippen LogP contribution in [-0.4, -0.2) is 11.7 Å². The lowest BCUT2D eigenvalue weighted by Crippen LogP contribution is -2.31. The second-order valence-corrected chi connectivity index (χ2v) is 7.81. The largest absolute Gasteiger partial charge is 0.344 e. The molecule has 0 aliphatic heterocycles. The molecule has 0 heterocycles. The summed E-state index contributed by atoms with van der Waals surface area (Å²) in [7, 11) is 0. The summed E-state index contributed by atoms with van der Waals surface area (Å²) < 4.78 is 0. The molecule has 3 aromatic carbocycles. The molecule has 0 aliphatic rings. The smallest absolute Gasteiger partial charge is 0.230 e. The van der Waals surface area contributed by atoms with E-state index >= 15 is 0 Å².